The molecule has 12 heteroatoms. The number of hydrogen-bond acceptors (Lipinski definition) is 6. The predicted octanol–water partition coefficient (Wildman–Crippen LogP) is -1.25. The summed E-state index contributed by atoms with van der Waals surface area (Å²) in [5.74, 6) is 1.84. The summed E-state index contributed by atoms with van der Waals surface area (Å²) in [4.78, 5) is 42.6. The molecule has 0 amide bonds. The van der Waals surface area contributed by atoms with E-state index in [1.807, 2.05) is 5.82 Å². The monoisotopic (exact) mass is 416 g/mol. The van der Waals surface area contributed by atoms with E-state index in [-0.39, 0.29) is 15.0 Å². The van der Waals surface area contributed by atoms with E-state index in [0.717, 1.165) is 0 Å². The van der Waals surface area contributed by atoms with E-state index < -0.39 is 48.9 Å². The van der Waals surface area contributed by atoms with Crippen molar-refractivity contribution in [3.63, 3.8) is 0 Å². The van der Waals surface area contributed by atoms with Crippen molar-refractivity contribution in [2.45, 2.75) is 36.0 Å². The SMILES string of the molecule is C[Se][C@@H]1[C@H](O)[C@@H](COP(=O)(O)O)O[C@H]1n1cc(C)c(=O)[nH]c1=O. The van der Waals surface area contributed by atoms with Crippen molar-refractivity contribution in [2.24, 2.45) is 0 Å². The van der Waals surface area contributed by atoms with Gasteiger partial charge in [0.25, 0.3) is 0 Å². The summed E-state index contributed by atoms with van der Waals surface area (Å²) in [6.45, 7) is 1.02. The summed E-state index contributed by atoms with van der Waals surface area (Å²) >= 11 is -0.134. The Bertz CT molecular complexity index is 727. The number of aromatic nitrogens is 2. The molecule has 2 heterocycles. The average Bonchev–Trinajstić information content (AvgIpc) is 2.76. The molecule has 1 aromatic rings. The maximum absolute atomic E-state index is 12.0. The maximum atomic E-state index is 12.0. The number of aliphatic hydroxyl groups is 1. The number of rotatable bonds is 5. The van der Waals surface area contributed by atoms with Crippen molar-refractivity contribution in [3.8, 4) is 0 Å². The van der Waals surface area contributed by atoms with E-state index in [1.165, 1.54) is 17.7 Å². The Morgan fingerprint density at radius 3 is 2.70 bits per heavy atom. The molecule has 0 bridgehead atoms. The molecule has 1 fully saturated rings. The number of nitrogens with one attached hydrogen (secondary N) is 1. The van der Waals surface area contributed by atoms with Crippen molar-refractivity contribution in [3.05, 3.63) is 32.6 Å². The molecular formula is C11H17N2O8PSe. The van der Waals surface area contributed by atoms with E-state index in [2.05, 4.69) is 9.51 Å². The molecule has 130 valence electrons. The molecule has 0 unspecified atom stereocenters. The molecule has 4 N–H and O–H groups in total. The predicted molar refractivity (Wildman–Crippen MR) is 79.3 cm³/mol. The van der Waals surface area contributed by atoms with Crippen LogP contribution in [0.5, 0.6) is 0 Å². The molecule has 2 rings (SSSR count). The summed E-state index contributed by atoms with van der Waals surface area (Å²) in [5.41, 5.74) is -0.881. The van der Waals surface area contributed by atoms with Gasteiger partial charge in [-0.15, -0.1) is 0 Å². The molecule has 1 aliphatic heterocycles. The molecular weight excluding hydrogens is 398 g/mol. The zero-order valence-corrected chi connectivity index (χ0v) is 14.9. The van der Waals surface area contributed by atoms with Crippen LogP contribution in [0, 0.1) is 6.92 Å². The Labute approximate surface area is 136 Å². The number of phosphoric acid groups is 1. The Morgan fingerprint density at radius 1 is 1.48 bits per heavy atom. The number of aryl methyl sites for hydroxylation is 1. The Morgan fingerprint density at radius 2 is 2.13 bits per heavy atom. The molecule has 0 radical (unpaired) electrons. The van der Waals surface area contributed by atoms with Crippen LogP contribution in [0.15, 0.2) is 15.8 Å². The van der Waals surface area contributed by atoms with Crippen LogP contribution >= 0.6 is 7.82 Å². The van der Waals surface area contributed by atoms with Crippen molar-refractivity contribution < 1.29 is 28.7 Å². The fourth-order valence-electron chi connectivity index (χ4n) is 2.28. The molecule has 0 spiro atoms. The third-order valence-electron chi connectivity index (χ3n) is 3.41. The van der Waals surface area contributed by atoms with Crippen molar-refractivity contribution >= 4 is 22.8 Å². The third-order valence-corrected chi connectivity index (χ3v) is 6.11. The summed E-state index contributed by atoms with van der Waals surface area (Å²) in [7, 11) is -4.69. The van der Waals surface area contributed by atoms with Gasteiger partial charge in [0.15, 0.2) is 0 Å². The molecule has 10 nitrogen and oxygen atoms in total. The molecule has 1 saturated heterocycles. The average molecular weight is 415 g/mol. The summed E-state index contributed by atoms with van der Waals surface area (Å²) < 4.78 is 21.9. The number of aromatic amines is 1. The van der Waals surface area contributed by atoms with Crippen LogP contribution < -0.4 is 11.2 Å². The van der Waals surface area contributed by atoms with Crippen molar-refractivity contribution in [2.75, 3.05) is 6.61 Å². The first-order chi connectivity index (χ1) is 10.6. The van der Waals surface area contributed by atoms with E-state index >= 15 is 0 Å². The molecule has 23 heavy (non-hydrogen) atoms. The van der Waals surface area contributed by atoms with Crippen LogP contribution in [0.1, 0.15) is 11.8 Å². The second-order valence-electron chi connectivity index (χ2n) is 5.02. The van der Waals surface area contributed by atoms with Gasteiger partial charge in [-0.2, -0.15) is 0 Å². The normalized spacial score (nSPS) is 28.2. The van der Waals surface area contributed by atoms with Gasteiger partial charge in [-0.25, -0.2) is 0 Å². The Balaban J connectivity index is 2.29. The van der Waals surface area contributed by atoms with E-state index in [9.17, 15) is 19.3 Å². The van der Waals surface area contributed by atoms with Gasteiger partial charge in [-0.05, 0) is 0 Å². The first-order valence-corrected chi connectivity index (χ1v) is 10.8. The number of phosphoric ester groups is 1. The first kappa shape index (κ1) is 18.6. The van der Waals surface area contributed by atoms with Crippen molar-refractivity contribution in [1.29, 1.82) is 0 Å². The fraction of sp³-hybridized carbons (Fsp3) is 0.636. The van der Waals surface area contributed by atoms with Crippen LogP contribution in [-0.4, -0.2) is 58.2 Å². The van der Waals surface area contributed by atoms with Crippen LogP contribution in [-0.2, 0) is 13.8 Å². The van der Waals surface area contributed by atoms with Crippen LogP contribution in [0.2, 0.25) is 10.6 Å². The van der Waals surface area contributed by atoms with Gasteiger partial charge in [0.2, 0.25) is 0 Å². The summed E-state index contributed by atoms with van der Waals surface area (Å²) in [6, 6.07) is 0. The number of aliphatic hydroxyl groups excluding tert-OH is 1. The van der Waals surface area contributed by atoms with Crippen LogP contribution in [0.3, 0.4) is 0 Å². The van der Waals surface area contributed by atoms with Gasteiger partial charge in [0, 0.05) is 0 Å². The minimum absolute atomic E-state index is 0.134. The molecule has 4 atom stereocenters. The first-order valence-electron chi connectivity index (χ1n) is 6.52. The van der Waals surface area contributed by atoms with Crippen LogP contribution in [0.25, 0.3) is 0 Å². The number of nitrogens with zero attached hydrogens (tertiary/aromatic N) is 1. The summed E-state index contributed by atoms with van der Waals surface area (Å²) in [6.07, 6.45) is -1.54. The Kier molecular flexibility index (Phi) is 5.65. The van der Waals surface area contributed by atoms with Gasteiger partial charge in [0.1, 0.15) is 0 Å². The zero-order valence-electron chi connectivity index (χ0n) is 12.3. The van der Waals surface area contributed by atoms with Gasteiger partial charge in [-0.3, -0.25) is 0 Å². The fourth-order valence-corrected chi connectivity index (χ4v) is 4.47. The molecule has 1 aliphatic rings. The number of H-pyrrole nitrogens is 1. The molecule has 1 aromatic heterocycles. The standard InChI is InChI=1S/C11H17N2O8PSe/c1-5-3-13(11(16)12-9(5)15)10-8(23-2)7(14)6(21-10)4-20-22(17,18)19/h3,6-8,10,14H,4H2,1-2H3,(H,12,15,16)(H2,17,18,19)/t6-,7-,8-,10-/m1/s1. The summed E-state index contributed by atoms with van der Waals surface area (Å²) in [5, 5.41) is 10.3. The third kappa shape index (κ3) is 4.20. The van der Waals surface area contributed by atoms with Gasteiger partial charge in [0.05, 0.1) is 0 Å². The molecule has 0 aliphatic carbocycles. The second-order valence-corrected chi connectivity index (χ2v) is 8.39. The topological polar surface area (TPSA) is 151 Å². The second kappa shape index (κ2) is 7.00. The quantitative estimate of drug-likeness (QED) is 0.344. The van der Waals surface area contributed by atoms with Crippen molar-refractivity contribution in [1.82, 2.24) is 9.55 Å². The van der Waals surface area contributed by atoms with Gasteiger partial charge in [-0.1, -0.05) is 0 Å². The minimum atomic E-state index is -4.69. The van der Waals surface area contributed by atoms with Gasteiger partial charge < -0.3 is 0 Å². The molecule has 0 aromatic carbocycles. The number of hydrogen-bond donors (Lipinski definition) is 4. The van der Waals surface area contributed by atoms with E-state index in [1.54, 1.807) is 0 Å². The molecule has 0 saturated carbocycles. The Hall–Kier alpha value is -0.771. The van der Waals surface area contributed by atoms with E-state index in [0.29, 0.717) is 5.56 Å². The van der Waals surface area contributed by atoms with Gasteiger partial charge >= 0.3 is 136 Å². The number of ether oxygens (including phenoxy) is 1. The zero-order chi connectivity index (χ0) is 17.4. The van der Waals surface area contributed by atoms with E-state index in [4.69, 9.17) is 14.5 Å². The van der Waals surface area contributed by atoms with Crippen LogP contribution in [0.4, 0.5) is 0 Å².